The van der Waals surface area contributed by atoms with E-state index >= 15 is 0 Å². The highest BCUT2D eigenvalue weighted by Gasteiger charge is 2.24. The molecule has 0 bridgehead atoms. The van der Waals surface area contributed by atoms with Crippen LogP contribution in [0.2, 0.25) is 0 Å². The summed E-state index contributed by atoms with van der Waals surface area (Å²) in [5.41, 5.74) is 7.35. The molecule has 0 unspecified atom stereocenters. The number of rotatable bonds is 7. The average molecular weight is 390 g/mol. The number of anilines is 1. The molecule has 2 rings (SSSR count). The average Bonchev–Trinajstić information content (AvgIpc) is 2.51. The molecule has 8 heteroatoms. The Morgan fingerprint density at radius 3 is 2.36 bits per heavy atom. The molecule has 1 saturated carbocycles. The normalized spacial score (nSPS) is 20.5. The molecule has 0 aromatic heterocycles. The summed E-state index contributed by atoms with van der Waals surface area (Å²) in [6.07, 6.45) is 4.39. The van der Waals surface area contributed by atoms with Crippen LogP contribution in [0.15, 0.2) is 24.3 Å². The number of nitrogens with two attached hydrogens (primary N) is 1. The Morgan fingerprint density at radius 1 is 1.16 bits per heavy atom. The van der Waals surface area contributed by atoms with E-state index in [4.69, 9.17) is 5.73 Å². The minimum atomic E-state index is -3.58. The van der Waals surface area contributed by atoms with E-state index < -0.39 is 21.7 Å². The molecule has 1 aromatic rings. The van der Waals surface area contributed by atoms with E-state index in [0.717, 1.165) is 31.2 Å². The number of carbonyl (C=O) groups excluding carboxylic acids is 1. The molecule has 25 heavy (non-hydrogen) atoms. The Hall–Kier alpha value is -1.31. The van der Waals surface area contributed by atoms with Crippen LogP contribution in [-0.2, 0) is 21.2 Å². The Labute approximate surface area is 156 Å². The first-order valence-electron chi connectivity index (χ1n) is 8.45. The minimum absolute atomic E-state index is 0. The zero-order chi connectivity index (χ0) is 17.6. The highest BCUT2D eigenvalue weighted by Crippen LogP contribution is 2.23. The molecule has 0 atom stereocenters. The van der Waals surface area contributed by atoms with Crippen molar-refractivity contribution in [2.75, 3.05) is 18.0 Å². The lowest BCUT2D eigenvalue weighted by Crippen LogP contribution is -2.42. The van der Waals surface area contributed by atoms with E-state index in [2.05, 4.69) is 17.0 Å². The van der Waals surface area contributed by atoms with Crippen LogP contribution in [0.5, 0.6) is 0 Å². The van der Waals surface area contributed by atoms with Gasteiger partial charge in [-0.2, -0.15) is 0 Å². The van der Waals surface area contributed by atoms with Crippen molar-refractivity contribution in [3.63, 3.8) is 0 Å². The molecule has 1 aromatic carbocycles. The molecule has 142 valence electrons. The molecule has 4 N–H and O–H groups in total. The van der Waals surface area contributed by atoms with E-state index in [9.17, 15) is 13.2 Å². The zero-order valence-electron chi connectivity index (χ0n) is 14.5. The summed E-state index contributed by atoms with van der Waals surface area (Å²) in [5.74, 6) is -0.328. The van der Waals surface area contributed by atoms with Crippen LogP contribution in [-0.4, -0.2) is 32.7 Å². The van der Waals surface area contributed by atoms with Gasteiger partial charge < -0.3 is 11.1 Å². The number of nitrogen functional groups attached to an aromatic ring is 1. The van der Waals surface area contributed by atoms with E-state index in [-0.39, 0.29) is 18.4 Å². The van der Waals surface area contributed by atoms with Crippen molar-refractivity contribution >= 4 is 34.0 Å². The summed E-state index contributed by atoms with van der Waals surface area (Å²) < 4.78 is 26.8. The van der Waals surface area contributed by atoms with Crippen LogP contribution < -0.4 is 15.8 Å². The fourth-order valence-electron chi connectivity index (χ4n) is 2.93. The van der Waals surface area contributed by atoms with Crippen LogP contribution >= 0.6 is 12.4 Å². The van der Waals surface area contributed by atoms with Crippen molar-refractivity contribution in [1.82, 2.24) is 10.0 Å². The van der Waals surface area contributed by atoms with Gasteiger partial charge in [-0.1, -0.05) is 19.1 Å². The molecule has 0 saturated heterocycles. The van der Waals surface area contributed by atoms with Gasteiger partial charge in [0.05, 0.1) is 0 Å². The molecule has 0 spiro atoms. The summed E-state index contributed by atoms with van der Waals surface area (Å²) >= 11 is 0. The highest BCUT2D eigenvalue weighted by molar-refractivity contribution is 7.90. The second-order valence-electron chi connectivity index (χ2n) is 6.68. The molecule has 1 aliphatic rings. The summed E-state index contributed by atoms with van der Waals surface area (Å²) in [5, 5.41) is 2.66. The predicted octanol–water partition coefficient (Wildman–Crippen LogP) is 1.85. The monoisotopic (exact) mass is 389 g/mol. The molecular weight excluding hydrogens is 362 g/mol. The summed E-state index contributed by atoms with van der Waals surface area (Å²) in [7, 11) is -3.58. The summed E-state index contributed by atoms with van der Waals surface area (Å²) in [4.78, 5) is 11.8. The van der Waals surface area contributed by atoms with Gasteiger partial charge in [0.1, 0.15) is 5.75 Å². The van der Waals surface area contributed by atoms with Crippen LogP contribution in [0.25, 0.3) is 0 Å². The third-order valence-electron chi connectivity index (χ3n) is 4.40. The lowest BCUT2D eigenvalue weighted by molar-refractivity contribution is -0.118. The van der Waals surface area contributed by atoms with E-state index in [1.165, 1.54) is 0 Å². The first-order valence-corrected chi connectivity index (χ1v) is 10.1. The van der Waals surface area contributed by atoms with Crippen molar-refractivity contribution < 1.29 is 13.2 Å². The van der Waals surface area contributed by atoms with Crippen LogP contribution in [0.3, 0.4) is 0 Å². The Morgan fingerprint density at radius 2 is 1.76 bits per heavy atom. The quantitative estimate of drug-likeness (QED) is 0.619. The molecular formula is C17H28ClN3O3S. The van der Waals surface area contributed by atoms with E-state index in [1.807, 2.05) is 12.1 Å². The molecule has 1 aliphatic carbocycles. The van der Waals surface area contributed by atoms with Gasteiger partial charge in [-0.15, -0.1) is 12.4 Å². The van der Waals surface area contributed by atoms with Gasteiger partial charge in [0.15, 0.2) is 0 Å². The topological polar surface area (TPSA) is 101 Å². The Kier molecular flexibility index (Phi) is 8.68. The van der Waals surface area contributed by atoms with Crippen molar-refractivity contribution in [3.8, 4) is 0 Å². The fraction of sp³-hybridized carbons (Fsp3) is 0.588. The highest BCUT2D eigenvalue weighted by atomic mass is 35.5. The van der Waals surface area contributed by atoms with Crippen LogP contribution in [0.4, 0.5) is 5.69 Å². The zero-order valence-corrected chi connectivity index (χ0v) is 16.2. The first kappa shape index (κ1) is 21.7. The number of hydrogen-bond donors (Lipinski definition) is 3. The largest absolute Gasteiger partial charge is 0.399 e. The van der Waals surface area contributed by atoms with E-state index in [1.54, 1.807) is 12.1 Å². The van der Waals surface area contributed by atoms with Crippen molar-refractivity contribution in [3.05, 3.63) is 29.8 Å². The second kappa shape index (κ2) is 9.99. The Bertz CT molecular complexity index is 642. The predicted molar refractivity (Wildman–Crippen MR) is 103 cm³/mol. The third-order valence-corrected chi connectivity index (χ3v) is 5.73. The van der Waals surface area contributed by atoms with Crippen molar-refractivity contribution in [2.24, 2.45) is 5.92 Å². The Balaban J connectivity index is 0.00000312. The van der Waals surface area contributed by atoms with Gasteiger partial charge in [-0.25, -0.2) is 13.1 Å². The number of halogens is 1. The SMILES string of the molecule is CC1CCC(NS(=O)(=O)CC(=O)NCCc2ccc(N)cc2)CC1.Cl. The third kappa shape index (κ3) is 8.07. The maximum absolute atomic E-state index is 12.1. The van der Waals surface area contributed by atoms with Gasteiger partial charge >= 0.3 is 0 Å². The van der Waals surface area contributed by atoms with Gasteiger partial charge in [-0.3, -0.25) is 4.79 Å². The molecule has 0 radical (unpaired) electrons. The van der Waals surface area contributed by atoms with Gasteiger partial charge in [-0.05, 0) is 55.7 Å². The van der Waals surface area contributed by atoms with E-state index in [0.29, 0.717) is 24.6 Å². The first-order chi connectivity index (χ1) is 11.3. The number of sulfonamides is 1. The van der Waals surface area contributed by atoms with Crippen molar-refractivity contribution in [2.45, 2.75) is 45.1 Å². The molecule has 0 heterocycles. The maximum Gasteiger partial charge on any atom is 0.236 e. The standard InChI is InChI=1S/C17H27N3O3S.ClH/c1-13-2-8-16(9-3-13)20-24(22,23)12-17(21)19-11-10-14-4-6-15(18)7-5-14;/h4-7,13,16,20H,2-3,8-12,18H2,1H3,(H,19,21);1H. The number of nitrogens with one attached hydrogen (secondary N) is 2. The number of hydrogen-bond acceptors (Lipinski definition) is 4. The van der Waals surface area contributed by atoms with Crippen molar-refractivity contribution in [1.29, 1.82) is 0 Å². The molecule has 1 amide bonds. The van der Waals surface area contributed by atoms with Gasteiger partial charge in [0.25, 0.3) is 0 Å². The second-order valence-corrected chi connectivity index (χ2v) is 8.43. The van der Waals surface area contributed by atoms with Crippen LogP contribution in [0, 0.1) is 5.92 Å². The maximum atomic E-state index is 12.1. The molecule has 1 fully saturated rings. The molecule has 6 nitrogen and oxygen atoms in total. The number of amides is 1. The fourth-order valence-corrected chi connectivity index (χ4v) is 4.20. The van der Waals surface area contributed by atoms with Crippen LogP contribution in [0.1, 0.15) is 38.2 Å². The van der Waals surface area contributed by atoms with Gasteiger partial charge in [0, 0.05) is 18.3 Å². The minimum Gasteiger partial charge on any atom is -0.399 e. The smallest absolute Gasteiger partial charge is 0.236 e. The summed E-state index contributed by atoms with van der Waals surface area (Å²) in [6.45, 7) is 2.58. The number of benzene rings is 1. The summed E-state index contributed by atoms with van der Waals surface area (Å²) in [6, 6.07) is 7.36. The number of carbonyl (C=O) groups is 1. The lowest BCUT2D eigenvalue weighted by atomic mass is 9.88. The lowest BCUT2D eigenvalue weighted by Gasteiger charge is -2.26. The van der Waals surface area contributed by atoms with Gasteiger partial charge in [0.2, 0.25) is 15.9 Å². The molecule has 0 aliphatic heterocycles.